The highest BCUT2D eigenvalue weighted by atomic mass is 35.5. The zero-order chi connectivity index (χ0) is 14.7. The van der Waals surface area contributed by atoms with Crippen LogP contribution in [0.25, 0.3) is 11.4 Å². The van der Waals surface area contributed by atoms with Crippen LogP contribution in [0.5, 0.6) is 0 Å². The summed E-state index contributed by atoms with van der Waals surface area (Å²) in [5, 5.41) is 0. The smallest absolute Gasteiger partial charge is 0.183 e. The van der Waals surface area contributed by atoms with Crippen LogP contribution in [-0.4, -0.2) is 29.6 Å². The minimum atomic E-state index is -0.347. The summed E-state index contributed by atoms with van der Waals surface area (Å²) in [6.07, 6.45) is 4.30. The van der Waals surface area contributed by atoms with E-state index in [4.69, 9.17) is 5.73 Å². The molecule has 1 fully saturated rings. The fourth-order valence-corrected chi connectivity index (χ4v) is 2.64. The lowest BCUT2D eigenvalue weighted by Crippen LogP contribution is -2.21. The molecule has 1 aliphatic rings. The van der Waals surface area contributed by atoms with Crippen molar-refractivity contribution in [3.63, 3.8) is 0 Å². The summed E-state index contributed by atoms with van der Waals surface area (Å²) in [7, 11) is 0. The fraction of sp³-hybridized carbons (Fsp3) is 0.375. The van der Waals surface area contributed by atoms with Crippen LogP contribution in [0, 0.1) is 5.82 Å². The SMILES string of the molecule is Cl.Cl.NCCc1ccc(-c2ncc(F)c(N3CCCC3)n2)cc1. The molecule has 3 rings (SSSR count). The summed E-state index contributed by atoms with van der Waals surface area (Å²) < 4.78 is 13.9. The molecule has 1 saturated heterocycles. The molecule has 4 nitrogen and oxygen atoms in total. The van der Waals surface area contributed by atoms with Crippen LogP contribution in [0.1, 0.15) is 18.4 Å². The van der Waals surface area contributed by atoms with Gasteiger partial charge in [-0.05, 0) is 31.4 Å². The molecule has 2 N–H and O–H groups in total. The van der Waals surface area contributed by atoms with E-state index in [9.17, 15) is 4.39 Å². The van der Waals surface area contributed by atoms with Gasteiger partial charge in [0.25, 0.3) is 0 Å². The minimum absolute atomic E-state index is 0. The van der Waals surface area contributed by atoms with Gasteiger partial charge in [-0.15, -0.1) is 24.8 Å². The third-order valence-corrected chi connectivity index (χ3v) is 3.78. The van der Waals surface area contributed by atoms with Gasteiger partial charge in [-0.3, -0.25) is 0 Å². The molecule has 1 aliphatic heterocycles. The zero-order valence-corrected chi connectivity index (χ0v) is 14.4. The molecule has 0 unspecified atom stereocenters. The van der Waals surface area contributed by atoms with Gasteiger partial charge < -0.3 is 10.6 Å². The Kier molecular flexibility index (Phi) is 7.68. The van der Waals surface area contributed by atoms with Gasteiger partial charge in [0.15, 0.2) is 17.5 Å². The Morgan fingerprint density at radius 3 is 2.35 bits per heavy atom. The van der Waals surface area contributed by atoms with Crippen molar-refractivity contribution >= 4 is 30.6 Å². The molecule has 2 aromatic rings. The van der Waals surface area contributed by atoms with Crippen molar-refractivity contribution in [2.45, 2.75) is 19.3 Å². The van der Waals surface area contributed by atoms with Crippen molar-refractivity contribution in [1.29, 1.82) is 0 Å². The van der Waals surface area contributed by atoms with Crippen molar-refractivity contribution < 1.29 is 4.39 Å². The Morgan fingerprint density at radius 2 is 1.74 bits per heavy atom. The van der Waals surface area contributed by atoms with Gasteiger partial charge in [-0.1, -0.05) is 24.3 Å². The Labute approximate surface area is 148 Å². The molecule has 7 heteroatoms. The second kappa shape index (κ2) is 9.01. The largest absolute Gasteiger partial charge is 0.354 e. The summed E-state index contributed by atoms with van der Waals surface area (Å²) in [5.74, 6) is 0.640. The Hall–Kier alpha value is -1.43. The first-order valence-electron chi connectivity index (χ1n) is 7.35. The molecular formula is C16H21Cl2FN4. The molecule has 1 aromatic heterocycles. The van der Waals surface area contributed by atoms with Gasteiger partial charge in [-0.25, -0.2) is 14.4 Å². The summed E-state index contributed by atoms with van der Waals surface area (Å²) in [6, 6.07) is 7.97. The molecule has 0 bridgehead atoms. The average molecular weight is 359 g/mol. The monoisotopic (exact) mass is 358 g/mol. The second-order valence-corrected chi connectivity index (χ2v) is 5.29. The van der Waals surface area contributed by atoms with E-state index in [1.807, 2.05) is 29.2 Å². The van der Waals surface area contributed by atoms with E-state index < -0.39 is 0 Å². The lowest BCUT2D eigenvalue weighted by Gasteiger charge is -2.17. The van der Waals surface area contributed by atoms with Gasteiger partial charge >= 0.3 is 0 Å². The van der Waals surface area contributed by atoms with E-state index in [2.05, 4.69) is 9.97 Å². The van der Waals surface area contributed by atoms with Crippen LogP contribution in [0.3, 0.4) is 0 Å². The van der Waals surface area contributed by atoms with E-state index in [-0.39, 0.29) is 30.6 Å². The molecule has 0 aliphatic carbocycles. The molecular weight excluding hydrogens is 338 g/mol. The standard InChI is InChI=1S/C16H19FN4.2ClH/c17-14-11-19-15(20-16(14)21-9-1-2-10-21)13-5-3-12(4-6-13)7-8-18;;/h3-6,11H,1-2,7-10,18H2;2*1H. The van der Waals surface area contributed by atoms with Gasteiger partial charge in [0.05, 0.1) is 6.20 Å². The maximum absolute atomic E-state index is 13.9. The van der Waals surface area contributed by atoms with Crippen LogP contribution in [0.2, 0.25) is 0 Å². The first kappa shape index (κ1) is 19.6. The van der Waals surface area contributed by atoms with Crippen molar-refractivity contribution in [2.75, 3.05) is 24.5 Å². The number of aromatic nitrogens is 2. The highest BCUT2D eigenvalue weighted by molar-refractivity contribution is 5.85. The van der Waals surface area contributed by atoms with Crippen molar-refractivity contribution in [2.24, 2.45) is 5.73 Å². The number of anilines is 1. The quantitative estimate of drug-likeness (QED) is 0.911. The lowest BCUT2D eigenvalue weighted by molar-refractivity contribution is 0.609. The van der Waals surface area contributed by atoms with E-state index >= 15 is 0 Å². The fourth-order valence-electron chi connectivity index (χ4n) is 2.64. The third-order valence-electron chi connectivity index (χ3n) is 3.78. The third kappa shape index (κ3) is 4.53. The van der Waals surface area contributed by atoms with Crippen LogP contribution in [0.4, 0.5) is 10.2 Å². The van der Waals surface area contributed by atoms with Crippen molar-refractivity contribution in [3.8, 4) is 11.4 Å². The minimum Gasteiger partial charge on any atom is -0.354 e. The van der Waals surface area contributed by atoms with Crippen LogP contribution in [-0.2, 0) is 6.42 Å². The van der Waals surface area contributed by atoms with Crippen LogP contribution in [0.15, 0.2) is 30.5 Å². The van der Waals surface area contributed by atoms with Crippen LogP contribution < -0.4 is 10.6 Å². The molecule has 2 heterocycles. The molecule has 0 saturated carbocycles. The maximum Gasteiger partial charge on any atom is 0.183 e. The molecule has 0 radical (unpaired) electrons. The Balaban J connectivity index is 0.00000132. The highest BCUT2D eigenvalue weighted by Gasteiger charge is 2.18. The molecule has 0 amide bonds. The summed E-state index contributed by atoms with van der Waals surface area (Å²) in [5.41, 5.74) is 7.63. The van der Waals surface area contributed by atoms with Crippen LogP contribution >= 0.6 is 24.8 Å². The molecule has 0 spiro atoms. The first-order chi connectivity index (χ1) is 10.3. The number of rotatable bonds is 4. The maximum atomic E-state index is 13.9. The summed E-state index contributed by atoms with van der Waals surface area (Å²) in [6.45, 7) is 2.36. The Bertz CT molecular complexity index is 616. The summed E-state index contributed by atoms with van der Waals surface area (Å²) >= 11 is 0. The lowest BCUT2D eigenvalue weighted by atomic mass is 10.1. The normalized spacial score (nSPS) is 13.4. The summed E-state index contributed by atoms with van der Waals surface area (Å²) in [4.78, 5) is 10.5. The predicted molar refractivity (Wildman–Crippen MR) is 96.1 cm³/mol. The Morgan fingerprint density at radius 1 is 1.09 bits per heavy atom. The average Bonchev–Trinajstić information content (AvgIpc) is 3.03. The van der Waals surface area contributed by atoms with Crippen molar-refractivity contribution in [3.05, 3.63) is 41.8 Å². The molecule has 0 atom stereocenters. The number of nitrogens with two attached hydrogens (primary N) is 1. The van der Waals surface area contributed by atoms with E-state index in [0.29, 0.717) is 18.2 Å². The number of nitrogens with zero attached hydrogens (tertiary/aromatic N) is 3. The van der Waals surface area contributed by atoms with Gasteiger partial charge in [-0.2, -0.15) is 0 Å². The van der Waals surface area contributed by atoms with E-state index in [1.54, 1.807) is 0 Å². The zero-order valence-electron chi connectivity index (χ0n) is 12.7. The highest BCUT2D eigenvalue weighted by Crippen LogP contribution is 2.24. The van der Waals surface area contributed by atoms with Gasteiger partial charge in [0, 0.05) is 18.7 Å². The van der Waals surface area contributed by atoms with E-state index in [1.165, 1.54) is 11.8 Å². The number of hydrogen-bond donors (Lipinski definition) is 1. The number of benzene rings is 1. The van der Waals surface area contributed by atoms with E-state index in [0.717, 1.165) is 37.9 Å². The topological polar surface area (TPSA) is 55.0 Å². The number of halogens is 3. The predicted octanol–water partition coefficient (Wildman–Crippen LogP) is 3.23. The molecule has 126 valence electrons. The van der Waals surface area contributed by atoms with Gasteiger partial charge in [0.1, 0.15) is 0 Å². The second-order valence-electron chi connectivity index (χ2n) is 5.29. The molecule has 23 heavy (non-hydrogen) atoms. The first-order valence-corrected chi connectivity index (χ1v) is 7.35. The molecule has 1 aromatic carbocycles. The van der Waals surface area contributed by atoms with Gasteiger partial charge in [0.2, 0.25) is 0 Å². The number of hydrogen-bond acceptors (Lipinski definition) is 4. The van der Waals surface area contributed by atoms with Crippen molar-refractivity contribution in [1.82, 2.24) is 9.97 Å².